The Hall–Kier alpha value is -3.35. The Balaban J connectivity index is 2.50. The summed E-state index contributed by atoms with van der Waals surface area (Å²) in [5, 5.41) is 39.4. The first kappa shape index (κ1) is 14.6. The number of hydrogen-bond donors (Lipinski definition) is 4. The van der Waals surface area contributed by atoms with Gasteiger partial charge in [0.2, 0.25) is 28.4 Å². The molecule has 0 bridgehead atoms. The third kappa shape index (κ3) is 2.02. The first-order valence-corrected chi connectivity index (χ1v) is 6.53. The van der Waals surface area contributed by atoms with Crippen molar-refractivity contribution in [1.29, 1.82) is 0 Å². The fourth-order valence-electron chi connectivity index (χ4n) is 2.33. The lowest BCUT2D eigenvalue weighted by Gasteiger charge is -2.12. The molecule has 0 unspecified atom stereocenters. The number of phenols is 3. The minimum atomic E-state index is -0.990. The van der Waals surface area contributed by atoms with Crippen LogP contribution in [-0.4, -0.2) is 27.5 Å². The summed E-state index contributed by atoms with van der Waals surface area (Å²) < 4.78 is 10.2. The summed E-state index contributed by atoms with van der Waals surface area (Å²) in [6, 6.07) is 8.28. The zero-order chi connectivity index (χ0) is 16.7. The average Bonchev–Trinajstić information content (AvgIpc) is 2.56. The van der Waals surface area contributed by atoms with Crippen LogP contribution in [0, 0.1) is 0 Å². The summed E-state index contributed by atoms with van der Waals surface area (Å²) in [5.41, 5.74) is -0.996. The molecule has 0 saturated carbocycles. The molecule has 3 rings (SSSR count). The number of rotatable bonds is 2. The average molecular weight is 316 g/mol. The molecule has 0 amide bonds. The van der Waals surface area contributed by atoms with Gasteiger partial charge in [-0.15, -0.1) is 0 Å². The van der Waals surface area contributed by atoms with E-state index in [-0.39, 0.29) is 5.76 Å². The van der Waals surface area contributed by atoms with Gasteiger partial charge in [0.1, 0.15) is 5.39 Å². The van der Waals surface area contributed by atoms with E-state index in [4.69, 9.17) is 9.15 Å². The number of fused-ring (bicyclic) bond motifs is 1. The van der Waals surface area contributed by atoms with Gasteiger partial charge in [-0.2, -0.15) is 0 Å². The number of phenolic OH excluding ortho intramolecular Hbond substituents is 3. The van der Waals surface area contributed by atoms with Crippen molar-refractivity contribution in [3.63, 3.8) is 0 Å². The molecule has 23 heavy (non-hydrogen) atoms. The number of aromatic hydroxyl groups is 4. The molecule has 3 aromatic rings. The lowest BCUT2D eigenvalue weighted by Crippen LogP contribution is -2.04. The second-order valence-corrected chi connectivity index (χ2v) is 4.76. The largest absolute Gasteiger partial charge is 0.504 e. The van der Waals surface area contributed by atoms with E-state index in [0.29, 0.717) is 5.56 Å². The number of hydrogen-bond acceptors (Lipinski definition) is 7. The van der Waals surface area contributed by atoms with Gasteiger partial charge in [0.15, 0.2) is 17.1 Å². The zero-order valence-corrected chi connectivity index (χ0v) is 11.9. The molecule has 7 nitrogen and oxygen atoms in total. The van der Waals surface area contributed by atoms with Gasteiger partial charge < -0.3 is 29.6 Å². The van der Waals surface area contributed by atoms with Crippen LogP contribution in [0.15, 0.2) is 39.5 Å². The third-order valence-corrected chi connectivity index (χ3v) is 3.43. The molecule has 0 fully saturated rings. The van der Waals surface area contributed by atoms with E-state index in [1.807, 2.05) is 0 Å². The molecule has 0 aliphatic rings. The van der Waals surface area contributed by atoms with Crippen molar-refractivity contribution in [2.75, 3.05) is 7.11 Å². The predicted molar refractivity (Wildman–Crippen MR) is 81.1 cm³/mol. The highest BCUT2D eigenvalue weighted by atomic mass is 16.5. The molecule has 0 saturated heterocycles. The van der Waals surface area contributed by atoms with Crippen LogP contribution < -0.4 is 10.2 Å². The van der Waals surface area contributed by atoms with Crippen LogP contribution in [0.4, 0.5) is 0 Å². The van der Waals surface area contributed by atoms with Gasteiger partial charge in [0.25, 0.3) is 0 Å². The van der Waals surface area contributed by atoms with Crippen molar-refractivity contribution in [3.8, 4) is 40.1 Å². The highest BCUT2D eigenvalue weighted by Crippen LogP contribution is 2.49. The lowest BCUT2D eigenvalue weighted by molar-refractivity contribution is 0.329. The maximum Gasteiger partial charge on any atom is 0.239 e. The second-order valence-electron chi connectivity index (χ2n) is 4.76. The van der Waals surface area contributed by atoms with Crippen LogP contribution in [0.2, 0.25) is 0 Å². The van der Waals surface area contributed by atoms with Crippen LogP contribution in [0.5, 0.6) is 28.7 Å². The molecule has 7 heteroatoms. The third-order valence-electron chi connectivity index (χ3n) is 3.43. The molecule has 4 N–H and O–H groups in total. The molecular weight excluding hydrogens is 304 g/mol. The molecule has 0 spiro atoms. The van der Waals surface area contributed by atoms with Gasteiger partial charge in [-0.3, -0.25) is 4.79 Å². The SMILES string of the molecule is COc1c(O)c(O)c2c(=O)c(O)c(-c3ccccc3)oc2c1O. The van der Waals surface area contributed by atoms with E-state index in [0.717, 1.165) is 7.11 Å². The van der Waals surface area contributed by atoms with Crippen molar-refractivity contribution >= 4 is 11.0 Å². The topological polar surface area (TPSA) is 120 Å². The molecule has 0 aliphatic carbocycles. The Kier molecular flexibility index (Phi) is 3.25. The highest BCUT2D eigenvalue weighted by molar-refractivity contribution is 5.95. The van der Waals surface area contributed by atoms with Crippen molar-refractivity contribution in [2.24, 2.45) is 0 Å². The quantitative estimate of drug-likeness (QED) is 0.423. The maximum atomic E-state index is 12.3. The van der Waals surface area contributed by atoms with E-state index in [1.54, 1.807) is 30.3 Å². The molecule has 0 atom stereocenters. The van der Waals surface area contributed by atoms with Crippen molar-refractivity contribution < 1.29 is 29.6 Å². The summed E-state index contributed by atoms with van der Waals surface area (Å²) in [7, 11) is 1.16. The molecule has 1 heterocycles. The maximum absolute atomic E-state index is 12.3. The first-order valence-electron chi connectivity index (χ1n) is 6.53. The fraction of sp³-hybridized carbons (Fsp3) is 0.0625. The van der Waals surface area contributed by atoms with E-state index >= 15 is 0 Å². The number of benzene rings is 2. The Morgan fingerprint density at radius 1 is 0.913 bits per heavy atom. The van der Waals surface area contributed by atoms with Gasteiger partial charge in [-0.1, -0.05) is 30.3 Å². The van der Waals surface area contributed by atoms with E-state index in [2.05, 4.69) is 0 Å². The van der Waals surface area contributed by atoms with Crippen LogP contribution in [0.25, 0.3) is 22.3 Å². The normalized spacial score (nSPS) is 10.8. The van der Waals surface area contributed by atoms with Crippen LogP contribution in [0.1, 0.15) is 0 Å². The molecule has 0 aliphatic heterocycles. The van der Waals surface area contributed by atoms with Gasteiger partial charge in [-0.25, -0.2) is 0 Å². The first-order chi connectivity index (χ1) is 11.0. The van der Waals surface area contributed by atoms with Crippen LogP contribution in [0.3, 0.4) is 0 Å². The van der Waals surface area contributed by atoms with Gasteiger partial charge in [-0.05, 0) is 0 Å². The smallest absolute Gasteiger partial charge is 0.239 e. The molecule has 118 valence electrons. The zero-order valence-electron chi connectivity index (χ0n) is 11.9. The van der Waals surface area contributed by atoms with E-state index in [1.165, 1.54) is 0 Å². The van der Waals surface area contributed by atoms with Crippen molar-refractivity contribution in [2.45, 2.75) is 0 Å². The van der Waals surface area contributed by atoms with Crippen LogP contribution in [-0.2, 0) is 0 Å². The monoisotopic (exact) mass is 316 g/mol. The number of ether oxygens (including phenoxy) is 1. The highest BCUT2D eigenvalue weighted by Gasteiger charge is 2.26. The van der Waals surface area contributed by atoms with Crippen molar-refractivity contribution in [3.05, 3.63) is 40.6 Å². The standard InChI is InChI=1S/C16H12O7/c1-22-16-12(20)10(18)8-9(17)11(19)14(23-15(8)13(16)21)7-5-3-2-4-6-7/h2-6,18-21H,1H3. The van der Waals surface area contributed by atoms with Gasteiger partial charge >= 0.3 is 0 Å². The van der Waals surface area contributed by atoms with Gasteiger partial charge in [0.05, 0.1) is 7.11 Å². The second kappa shape index (κ2) is 5.13. The summed E-state index contributed by atoms with van der Waals surface area (Å²) in [4.78, 5) is 12.3. The minimum absolute atomic E-state index is 0.175. The number of methoxy groups -OCH3 is 1. The Morgan fingerprint density at radius 2 is 1.57 bits per heavy atom. The van der Waals surface area contributed by atoms with E-state index in [9.17, 15) is 25.2 Å². The van der Waals surface area contributed by atoms with E-state index < -0.39 is 45.1 Å². The lowest BCUT2D eigenvalue weighted by atomic mass is 10.1. The molecular formula is C16H12O7. The Bertz CT molecular complexity index is 958. The Morgan fingerprint density at radius 3 is 2.17 bits per heavy atom. The summed E-state index contributed by atoms with van der Waals surface area (Å²) in [6.07, 6.45) is 0. The summed E-state index contributed by atoms with van der Waals surface area (Å²) in [6.45, 7) is 0. The van der Waals surface area contributed by atoms with Crippen molar-refractivity contribution in [1.82, 2.24) is 0 Å². The molecule has 0 radical (unpaired) electrons. The molecule has 2 aromatic carbocycles. The minimum Gasteiger partial charge on any atom is -0.504 e. The van der Waals surface area contributed by atoms with Crippen LogP contribution >= 0.6 is 0 Å². The summed E-state index contributed by atoms with van der Waals surface area (Å²) in [5.74, 6) is -3.70. The fourth-order valence-corrected chi connectivity index (χ4v) is 2.33. The molecule has 1 aromatic heterocycles. The predicted octanol–water partition coefficient (Wildman–Crippen LogP) is 2.29. The Labute approximate surface area is 129 Å². The van der Waals surface area contributed by atoms with Gasteiger partial charge in [0, 0.05) is 5.56 Å². The summed E-state index contributed by atoms with van der Waals surface area (Å²) >= 11 is 0.